The number of hydrogen-bond acceptors (Lipinski definition) is 6. The van der Waals surface area contributed by atoms with Crippen molar-refractivity contribution in [1.29, 1.82) is 0 Å². The number of ether oxygens (including phenoxy) is 2. The van der Waals surface area contributed by atoms with Crippen LogP contribution in [0.2, 0.25) is 0 Å². The highest BCUT2D eigenvalue weighted by Crippen LogP contribution is 2.61. The largest absolute Gasteiger partial charge is 0.573 e. The van der Waals surface area contributed by atoms with Gasteiger partial charge in [-0.05, 0) is 90.7 Å². The number of rotatable bonds is 5. The summed E-state index contributed by atoms with van der Waals surface area (Å²) in [6, 6.07) is 9.03. The van der Waals surface area contributed by atoms with Crippen LogP contribution < -0.4 is 9.47 Å². The third kappa shape index (κ3) is 4.49. The average molecular weight is 506 g/mol. The fraction of sp³-hybridized carbons (Fsp3) is 0.519. The minimum absolute atomic E-state index is 0.0274. The van der Waals surface area contributed by atoms with E-state index >= 15 is 0 Å². The Morgan fingerprint density at radius 1 is 1.11 bits per heavy atom. The van der Waals surface area contributed by atoms with E-state index in [0.29, 0.717) is 29.4 Å². The van der Waals surface area contributed by atoms with E-state index in [-0.39, 0.29) is 41.5 Å². The van der Waals surface area contributed by atoms with Gasteiger partial charge in [0.1, 0.15) is 12.4 Å². The van der Waals surface area contributed by atoms with E-state index in [1.807, 2.05) is 6.07 Å². The van der Waals surface area contributed by atoms with Gasteiger partial charge in [-0.25, -0.2) is 0 Å². The van der Waals surface area contributed by atoms with Gasteiger partial charge in [-0.1, -0.05) is 24.2 Å². The molecule has 0 radical (unpaired) electrons. The van der Waals surface area contributed by atoms with Crippen molar-refractivity contribution < 1.29 is 37.7 Å². The molecule has 2 fully saturated rings. The highest BCUT2D eigenvalue weighted by Gasteiger charge is 2.55. The molecule has 0 amide bonds. The van der Waals surface area contributed by atoms with Crippen LogP contribution in [0.15, 0.2) is 41.6 Å². The number of phenols is 1. The molecule has 5 atom stereocenters. The van der Waals surface area contributed by atoms with Gasteiger partial charge in [0.2, 0.25) is 0 Å². The lowest BCUT2D eigenvalue weighted by Crippen LogP contribution is -2.45. The molecule has 0 aromatic heterocycles. The van der Waals surface area contributed by atoms with Crippen LogP contribution in [0.4, 0.5) is 13.2 Å². The molecule has 194 valence electrons. The van der Waals surface area contributed by atoms with E-state index in [0.717, 1.165) is 36.8 Å². The fourth-order valence-corrected chi connectivity index (χ4v) is 6.63. The third-order valence-corrected chi connectivity index (χ3v) is 8.44. The molecular weight excluding hydrogens is 475 g/mol. The number of nitrogens with zero attached hydrogens (tertiary/aromatic N) is 1. The van der Waals surface area contributed by atoms with Crippen LogP contribution >= 0.6 is 0 Å². The van der Waals surface area contributed by atoms with Crippen LogP contribution in [-0.2, 0) is 11.4 Å². The van der Waals surface area contributed by atoms with Gasteiger partial charge in [0, 0.05) is 5.56 Å². The van der Waals surface area contributed by atoms with Crippen molar-refractivity contribution in [2.45, 2.75) is 64.0 Å². The van der Waals surface area contributed by atoms with Crippen LogP contribution in [0, 0.1) is 17.3 Å². The summed E-state index contributed by atoms with van der Waals surface area (Å²) in [7, 11) is 1.52. The molecule has 2 aromatic carbocycles. The summed E-state index contributed by atoms with van der Waals surface area (Å²) in [6.07, 6.45) is -0.739. The Bertz CT molecular complexity index is 1150. The van der Waals surface area contributed by atoms with Crippen molar-refractivity contribution in [2.24, 2.45) is 22.4 Å². The number of methoxy groups -OCH3 is 1. The Balaban J connectivity index is 1.40. The van der Waals surface area contributed by atoms with Gasteiger partial charge in [-0.2, -0.15) is 0 Å². The number of benzene rings is 2. The van der Waals surface area contributed by atoms with E-state index in [4.69, 9.17) is 9.57 Å². The predicted octanol–water partition coefficient (Wildman–Crippen LogP) is 5.89. The van der Waals surface area contributed by atoms with Crippen molar-refractivity contribution in [3.8, 4) is 17.2 Å². The summed E-state index contributed by atoms with van der Waals surface area (Å²) in [4.78, 5) is 5.65. The Hall–Kier alpha value is -2.94. The quantitative estimate of drug-likeness (QED) is 0.495. The van der Waals surface area contributed by atoms with Crippen molar-refractivity contribution in [1.82, 2.24) is 0 Å². The topological polar surface area (TPSA) is 80.5 Å². The first-order chi connectivity index (χ1) is 17.1. The molecule has 0 unspecified atom stereocenters. The van der Waals surface area contributed by atoms with E-state index in [2.05, 4.69) is 16.8 Å². The second kappa shape index (κ2) is 9.18. The van der Waals surface area contributed by atoms with Crippen LogP contribution in [-0.4, -0.2) is 35.5 Å². The van der Waals surface area contributed by atoms with Gasteiger partial charge in [0.05, 0.1) is 18.9 Å². The Morgan fingerprint density at radius 3 is 2.56 bits per heavy atom. The molecule has 2 saturated carbocycles. The Morgan fingerprint density at radius 2 is 1.86 bits per heavy atom. The Labute approximate surface area is 207 Å². The molecular formula is C27H30F3NO5. The highest BCUT2D eigenvalue weighted by molar-refractivity contribution is 6.03. The molecule has 36 heavy (non-hydrogen) atoms. The van der Waals surface area contributed by atoms with Gasteiger partial charge in [-0.3, -0.25) is 0 Å². The highest BCUT2D eigenvalue weighted by atomic mass is 19.4. The lowest BCUT2D eigenvalue weighted by Gasteiger charge is -2.50. The molecule has 5 rings (SSSR count). The SMILES string of the molecule is COc1cc2c(cc1O)/C(=N/OCc1ccc(OC(F)(F)F)cc1)C[C@@H]1[C@@H]2CC[C@]2(C)[C@@H](O)CC[C@@H]12. The first-order valence-electron chi connectivity index (χ1n) is 12.2. The molecule has 0 heterocycles. The van der Waals surface area contributed by atoms with Crippen molar-refractivity contribution in [3.05, 3.63) is 53.1 Å². The molecule has 3 aliphatic carbocycles. The molecule has 0 aliphatic heterocycles. The molecule has 0 spiro atoms. The first-order valence-corrected chi connectivity index (χ1v) is 12.2. The lowest BCUT2D eigenvalue weighted by molar-refractivity contribution is -0.274. The number of hydrogen-bond donors (Lipinski definition) is 2. The second-order valence-electron chi connectivity index (χ2n) is 10.3. The molecule has 0 bridgehead atoms. The number of aromatic hydroxyl groups is 1. The number of aliphatic hydroxyl groups is 1. The zero-order chi connectivity index (χ0) is 25.7. The molecule has 9 heteroatoms. The molecule has 0 saturated heterocycles. The van der Waals surface area contributed by atoms with Crippen molar-refractivity contribution in [3.63, 3.8) is 0 Å². The van der Waals surface area contributed by atoms with E-state index in [1.54, 1.807) is 6.07 Å². The standard InChI is InChI=1S/C27H30F3NO5/c1-26-10-9-17-18-13-24(34-2)23(32)12-20(18)22(11-19(17)21(26)7-8-25(26)33)31-35-14-15-3-5-16(6-4-15)36-27(28,29)30/h3-6,12-13,17,19,21,25,32-33H,7-11,14H2,1-2H3/b31-22+/t17-,19-,21+,25+,26+/m1/s1. The number of alkyl halides is 3. The first kappa shape index (κ1) is 24.7. The second-order valence-corrected chi connectivity index (χ2v) is 10.3. The van der Waals surface area contributed by atoms with Gasteiger partial charge >= 0.3 is 6.36 Å². The lowest BCUT2D eigenvalue weighted by atomic mass is 9.55. The minimum Gasteiger partial charge on any atom is -0.504 e. The van der Waals surface area contributed by atoms with Gasteiger partial charge in [-0.15, -0.1) is 13.2 Å². The maximum absolute atomic E-state index is 12.4. The summed E-state index contributed by atoms with van der Waals surface area (Å²) in [5.41, 5.74) is 3.13. The maximum Gasteiger partial charge on any atom is 0.573 e. The zero-order valence-corrected chi connectivity index (χ0v) is 20.2. The zero-order valence-electron chi connectivity index (χ0n) is 20.2. The number of halogens is 3. The summed E-state index contributed by atoms with van der Waals surface area (Å²) in [6.45, 7) is 2.26. The number of fused-ring (bicyclic) bond motifs is 5. The van der Waals surface area contributed by atoms with Gasteiger partial charge < -0.3 is 24.5 Å². The summed E-state index contributed by atoms with van der Waals surface area (Å²) in [5, 5.41) is 25.6. The van der Waals surface area contributed by atoms with E-state index in [1.165, 1.54) is 31.4 Å². The monoisotopic (exact) mass is 505 g/mol. The predicted molar refractivity (Wildman–Crippen MR) is 126 cm³/mol. The maximum atomic E-state index is 12.4. The van der Waals surface area contributed by atoms with Crippen LogP contribution in [0.1, 0.15) is 61.6 Å². The fourth-order valence-electron chi connectivity index (χ4n) is 6.63. The minimum atomic E-state index is -4.74. The van der Waals surface area contributed by atoms with Gasteiger partial charge in [0.15, 0.2) is 11.5 Å². The number of phenolic OH excluding ortho intramolecular Hbond substituents is 1. The number of aliphatic hydroxyl groups excluding tert-OH is 1. The van der Waals surface area contributed by atoms with E-state index in [9.17, 15) is 23.4 Å². The number of oxime groups is 1. The normalized spacial score (nSPS) is 30.3. The van der Waals surface area contributed by atoms with Crippen LogP contribution in [0.25, 0.3) is 0 Å². The van der Waals surface area contributed by atoms with E-state index < -0.39 is 6.36 Å². The van der Waals surface area contributed by atoms with Crippen LogP contribution in [0.5, 0.6) is 17.2 Å². The molecule has 2 N–H and O–H groups in total. The molecule has 2 aromatic rings. The van der Waals surface area contributed by atoms with Crippen LogP contribution in [0.3, 0.4) is 0 Å². The molecule has 3 aliphatic rings. The molecule has 6 nitrogen and oxygen atoms in total. The van der Waals surface area contributed by atoms with Crippen molar-refractivity contribution in [2.75, 3.05) is 7.11 Å². The van der Waals surface area contributed by atoms with Gasteiger partial charge in [0.25, 0.3) is 0 Å². The Kier molecular flexibility index (Phi) is 6.31. The average Bonchev–Trinajstić information content (AvgIpc) is 3.13. The smallest absolute Gasteiger partial charge is 0.504 e. The summed E-state index contributed by atoms with van der Waals surface area (Å²) < 4.78 is 46.5. The van der Waals surface area contributed by atoms with Crippen molar-refractivity contribution >= 4 is 5.71 Å². The summed E-state index contributed by atoms with van der Waals surface area (Å²) in [5.74, 6) is 1.05. The summed E-state index contributed by atoms with van der Waals surface area (Å²) >= 11 is 0. The third-order valence-electron chi connectivity index (χ3n) is 8.44.